The molecule has 8 fully saturated rings. The molecule has 71 heavy (non-hydrogen) atoms. The van der Waals surface area contributed by atoms with E-state index in [2.05, 4.69) is 26.5 Å². The summed E-state index contributed by atoms with van der Waals surface area (Å²) in [5.41, 5.74) is 0.518. The predicted molar refractivity (Wildman–Crippen MR) is 239 cm³/mol. The van der Waals surface area contributed by atoms with Gasteiger partial charge in [0.1, 0.15) is 48.8 Å². The first-order valence-corrected chi connectivity index (χ1v) is 25.1. The molecule has 0 unspecified atom stereocenters. The van der Waals surface area contributed by atoms with Crippen LogP contribution in [0.5, 0.6) is 0 Å². The average Bonchev–Trinajstić information content (AvgIpc) is 3.76. The normalized spacial score (nSPS) is 51.6. The molecule has 6 N–H and O–H groups in total. The van der Waals surface area contributed by atoms with Crippen molar-refractivity contribution in [2.45, 2.75) is 210 Å². The number of rotatable bonds is 9. The molecule has 21 heteroatoms. The minimum Gasteiger partial charge on any atom is -0.456 e. The number of carbonyl (C=O) groups is 4. The molecule has 0 bridgehead atoms. The molecular formula is C50H72O21. The van der Waals surface area contributed by atoms with Gasteiger partial charge in [-0.2, -0.15) is 0 Å². The van der Waals surface area contributed by atoms with Crippen molar-refractivity contribution >= 4 is 23.7 Å². The Hall–Kier alpha value is -3.00. The molecule has 5 aliphatic heterocycles. The van der Waals surface area contributed by atoms with Gasteiger partial charge < -0.3 is 82.7 Å². The second-order valence-electron chi connectivity index (χ2n) is 22.0. The Balaban J connectivity index is 0.946. The SMILES string of the molecule is C=C1CO[C@@]2(O[C@H]3C[C@H]4[C@@H]5CC=C6C[C@H](O)C[C@@H](O[C@@H]7OC[C@H](O)[C@H](O)[C@H]7O[C@@H]7O[C@@H](C)[C@H](OC(C)=O)[C@@H](OC(C)=O)[C@H]7OC(C)=O)[C@]6(C)[C@H]5CC[C@]4(C)[C@H]3[C@@H]2C)[C@@H](O)[C@H]1O[C@@H]1O[C@H](C)C(=O)[C@H](O)[C@H]1O. The zero-order valence-corrected chi connectivity index (χ0v) is 41.5. The lowest BCUT2D eigenvalue weighted by molar-refractivity contribution is -0.363. The van der Waals surface area contributed by atoms with Crippen LogP contribution in [0.3, 0.4) is 0 Å². The number of hydrogen-bond donors (Lipinski definition) is 6. The molecule has 0 aromatic carbocycles. The van der Waals surface area contributed by atoms with Gasteiger partial charge in [-0.1, -0.05) is 39.0 Å². The minimum atomic E-state index is -1.72. The molecule has 26 atom stereocenters. The summed E-state index contributed by atoms with van der Waals surface area (Å²) in [5.74, 6) is -4.45. The third kappa shape index (κ3) is 8.93. The fraction of sp³-hybridized carbons (Fsp3) is 0.840. The summed E-state index contributed by atoms with van der Waals surface area (Å²) < 4.78 is 67.4. The third-order valence-electron chi connectivity index (χ3n) is 17.9. The Labute approximate surface area is 412 Å². The van der Waals surface area contributed by atoms with Crippen LogP contribution in [0.15, 0.2) is 23.8 Å². The number of ether oxygens (including phenoxy) is 11. The fourth-order valence-electron chi connectivity index (χ4n) is 14.6. The van der Waals surface area contributed by atoms with E-state index in [-0.39, 0.29) is 60.7 Å². The highest BCUT2D eigenvalue weighted by molar-refractivity contribution is 5.88. The number of ketones is 1. The second kappa shape index (κ2) is 19.6. The number of aliphatic hydroxyl groups is 6. The van der Waals surface area contributed by atoms with E-state index in [1.807, 2.05) is 6.92 Å². The summed E-state index contributed by atoms with van der Waals surface area (Å²) in [6, 6.07) is 0. The van der Waals surface area contributed by atoms with Gasteiger partial charge in [0.2, 0.25) is 5.79 Å². The second-order valence-corrected chi connectivity index (χ2v) is 22.0. The maximum Gasteiger partial charge on any atom is 0.303 e. The van der Waals surface area contributed by atoms with Crippen LogP contribution in [-0.4, -0.2) is 184 Å². The number of Topliss-reactive ketones (excluding diaryl/α,β-unsaturated/α-hetero) is 1. The molecule has 3 saturated carbocycles. The van der Waals surface area contributed by atoms with Crippen LogP contribution in [0, 0.1) is 40.4 Å². The van der Waals surface area contributed by atoms with Crippen LogP contribution < -0.4 is 0 Å². The van der Waals surface area contributed by atoms with E-state index in [0.717, 1.165) is 38.7 Å². The number of fused-ring (bicyclic) bond motifs is 7. The number of aliphatic hydroxyl groups excluding tert-OH is 6. The molecule has 398 valence electrons. The highest BCUT2D eigenvalue weighted by atomic mass is 16.8. The molecule has 0 aromatic heterocycles. The third-order valence-corrected chi connectivity index (χ3v) is 17.9. The molecule has 1 spiro atoms. The Morgan fingerprint density at radius 3 is 2.15 bits per heavy atom. The smallest absolute Gasteiger partial charge is 0.303 e. The van der Waals surface area contributed by atoms with Crippen molar-refractivity contribution in [2.24, 2.45) is 40.4 Å². The molecule has 0 amide bonds. The fourth-order valence-corrected chi connectivity index (χ4v) is 14.6. The van der Waals surface area contributed by atoms with Crippen LogP contribution in [0.1, 0.15) is 93.9 Å². The van der Waals surface area contributed by atoms with Crippen LogP contribution in [0.4, 0.5) is 0 Å². The van der Waals surface area contributed by atoms with E-state index in [4.69, 9.17) is 52.1 Å². The molecule has 21 nitrogen and oxygen atoms in total. The summed E-state index contributed by atoms with van der Waals surface area (Å²) in [4.78, 5) is 49.3. The summed E-state index contributed by atoms with van der Waals surface area (Å²) >= 11 is 0. The monoisotopic (exact) mass is 1010 g/mol. The van der Waals surface area contributed by atoms with E-state index < -0.39 is 139 Å². The summed E-state index contributed by atoms with van der Waals surface area (Å²) in [5, 5.41) is 67.3. The lowest BCUT2D eigenvalue weighted by Gasteiger charge is -2.60. The molecular weight excluding hydrogens is 937 g/mol. The maximum atomic E-state index is 12.5. The van der Waals surface area contributed by atoms with Crippen molar-refractivity contribution in [3.05, 3.63) is 23.8 Å². The molecule has 9 rings (SSSR count). The van der Waals surface area contributed by atoms with Crippen LogP contribution in [0.2, 0.25) is 0 Å². The summed E-state index contributed by atoms with van der Waals surface area (Å²) in [6.45, 7) is 16.7. The maximum absolute atomic E-state index is 12.5. The summed E-state index contributed by atoms with van der Waals surface area (Å²) in [7, 11) is 0. The number of hydrogen-bond acceptors (Lipinski definition) is 21. The van der Waals surface area contributed by atoms with Gasteiger partial charge in [-0.3, -0.25) is 19.2 Å². The number of esters is 3. The van der Waals surface area contributed by atoms with Crippen molar-refractivity contribution in [3.8, 4) is 0 Å². The van der Waals surface area contributed by atoms with Crippen LogP contribution in [0.25, 0.3) is 0 Å². The van der Waals surface area contributed by atoms with Crippen molar-refractivity contribution in [3.63, 3.8) is 0 Å². The van der Waals surface area contributed by atoms with Gasteiger partial charge in [-0.15, -0.1) is 0 Å². The van der Waals surface area contributed by atoms with Crippen LogP contribution >= 0.6 is 0 Å². The standard InChI is InChI=1S/C50H72O21/c1-19-17-62-50(44(60)39(19)69-45-38(59)37(58)35(56)21(3)63-45)20(2)34-32(71-50)16-30-28-11-10-26-14-27(54)15-33(49(26,9)29(28)12-13-48(30,34)8)68-46-41(36(57)31(55)18-61-46)70-47-43(67-25(7)53)42(66-24(6)52)40(22(4)64-47)65-23(5)51/h10,20-22,27-34,36-47,54-55,57-60H,1,11-18H2,2-9H3/t20-,21+,22-,27-,28+,29-,30-,31-,32-,33+,34-,36-,37-,38+,39-,40-,41+,42+,43+,44-,45-,46-,47-,48-,49-,50-/m0/s1. The van der Waals surface area contributed by atoms with E-state index >= 15 is 0 Å². The quantitative estimate of drug-likeness (QED) is 0.105. The Morgan fingerprint density at radius 1 is 0.789 bits per heavy atom. The number of carbonyl (C=O) groups excluding carboxylic acids is 4. The predicted octanol–water partition coefficient (Wildman–Crippen LogP) is 0.634. The van der Waals surface area contributed by atoms with E-state index in [0.29, 0.717) is 18.4 Å². The first-order chi connectivity index (χ1) is 33.4. The molecule has 5 saturated heterocycles. The topological polar surface area (TPSA) is 291 Å². The van der Waals surface area contributed by atoms with E-state index in [1.54, 1.807) is 6.92 Å². The van der Waals surface area contributed by atoms with Gasteiger partial charge in [0, 0.05) is 38.5 Å². The average molecular weight is 1010 g/mol. The molecule has 4 aliphatic carbocycles. The Kier molecular flexibility index (Phi) is 14.6. The molecule has 0 aromatic rings. The Bertz CT molecular complexity index is 2100. The zero-order chi connectivity index (χ0) is 51.4. The van der Waals surface area contributed by atoms with E-state index in [9.17, 15) is 49.8 Å². The number of allylic oxidation sites excluding steroid dienone is 1. The van der Waals surface area contributed by atoms with Crippen molar-refractivity contribution < 1.29 is 102 Å². The van der Waals surface area contributed by atoms with E-state index in [1.165, 1.54) is 13.8 Å². The molecule has 9 aliphatic rings. The molecule has 0 radical (unpaired) electrons. The first-order valence-electron chi connectivity index (χ1n) is 25.1. The van der Waals surface area contributed by atoms with Gasteiger partial charge in [-0.25, -0.2) is 0 Å². The minimum absolute atomic E-state index is 0.00706. The summed E-state index contributed by atoms with van der Waals surface area (Å²) in [6.07, 6.45) is -16.8. The lowest BCUT2D eigenvalue weighted by Crippen LogP contribution is -2.65. The van der Waals surface area contributed by atoms with Gasteiger partial charge in [0.15, 0.2) is 43.0 Å². The van der Waals surface area contributed by atoms with Gasteiger partial charge in [-0.05, 0) is 80.6 Å². The lowest BCUT2D eigenvalue weighted by atomic mass is 9.46. The highest BCUT2D eigenvalue weighted by Crippen LogP contribution is 2.71. The van der Waals surface area contributed by atoms with Gasteiger partial charge in [0.25, 0.3) is 0 Å². The highest BCUT2D eigenvalue weighted by Gasteiger charge is 2.72. The largest absolute Gasteiger partial charge is 0.456 e. The van der Waals surface area contributed by atoms with Crippen molar-refractivity contribution in [2.75, 3.05) is 13.2 Å². The van der Waals surface area contributed by atoms with Gasteiger partial charge in [0.05, 0.1) is 37.6 Å². The first kappa shape index (κ1) is 52.8. The molecule has 5 heterocycles. The van der Waals surface area contributed by atoms with Crippen molar-refractivity contribution in [1.82, 2.24) is 0 Å². The van der Waals surface area contributed by atoms with Crippen molar-refractivity contribution in [1.29, 1.82) is 0 Å². The van der Waals surface area contributed by atoms with Gasteiger partial charge >= 0.3 is 17.9 Å². The zero-order valence-electron chi connectivity index (χ0n) is 41.5. The van der Waals surface area contributed by atoms with Crippen LogP contribution in [-0.2, 0) is 71.3 Å². The Morgan fingerprint density at radius 2 is 1.46 bits per heavy atom.